The minimum Gasteiger partial charge on any atom is -0.496 e. The van der Waals surface area contributed by atoms with Crippen LogP contribution in [0.4, 0.5) is 11.8 Å². The third-order valence-corrected chi connectivity index (χ3v) is 11.2. The SMILES string of the molecule is CCO[C@@H]1CCN(c2nc(-n3ncc4c(C)nc(-c5cnccc5OC)cc43)cc3c2nc(N2CCC(N4CCN(CCOC)CC4)CC2)n3C)C1. The third kappa shape index (κ3) is 6.57. The molecule has 3 fully saturated rings. The van der Waals surface area contributed by atoms with Crippen molar-refractivity contribution in [3.05, 3.63) is 42.5 Å². The first-order valence-corrected chi connectivity index (χ1v) is 18.7. The van der Waals surface area contributed by atoms with Gasteiger partial charge >= 0.3 is 0 Å². The molecule has 0 amide bonds. The van der Waals surface area contributed by atoms with Crippen LogP contribution in [-0.2, 0) is 16.5 Å². The second kappa shape index (κ2) is 14.9. The first kappa shape index (κ1) is 34.7. The van der Waals surface area contributed by atoms with Crippen molar-refractivity contribution in [3.8, 4) is 22.8 Å². The molecule has 14 nitrogen and oxygen atoms in total. The van der Waals surface area contributed by atoms with Gasteiger partial charge in [-0.1, -0.05) is 0 Å². The van der Waals surface area contributed by atoms with E-state index in [-0.39, 0.29) is 6.10 Å². The van der Waals surface area contributed by atoms with Crippen LogP contribution in [0.2, 0.25) is 0 Å². The van der Waals surface area contributed by atoms with Crippen molar-refractivity contribution in [2.45, 2.75) is 45.3 Å². The van der Waals surface area contributed by atoms with Crippen LogP contribution >= 0.6 is 0 Å². The molecule has 3 saturated heterocycles. The van der Waals surface area contributed by atoms with E-state index in [4.69, 9.17) is 34.3 Å². The number of pyridine rings is 3. The number of anilines is 2. The van der Waals surface area contributed by atoms with Gasteiger partial charge in [-0.2, -0.15) is 5.10 Å². The Hall–Kier alpha value is -4.37. The van der Waals surface area contributed by atoms with Crippen LogP contribution in [0.15, 0.2) is 36.8 Å². The van der Waals surface area contributed by atoms with Crippen molar-refractivity contribution in [3.63, 3.8) is 0 Å². The zero-order valence-corrected chi connectivity index (χ0v) is 31.2. The van der Waals surface area contributed by atoms with E-state index in [1.54, 1.807) is 26.6 Å². The Morgan fingerprint density at radius 1 is 0.885 bits per heavy atom. The summed E-state index contributed by atoms with van der Waals surface area (Å²) in [6.45, 7) is 14.7. The smallest absolute Gasteiger partial charge is 0.206 e. The monoisotopic (exact) mass is 709 g/mol. The molecule has 52 heavy (non-hydrogen) atoms. The van der Waals surface area contributed by atoms with Gasteiger partial charge in [0, 0.05) is 115 Å². The number of piperidine rings is 1. The fourth-order valence-electron chi connectivity index (χ4n) is 8.30. The molecule has 8 rings (SSSR count). The molecule has 8 heterocycles. The second-order valence-corrected chi connectivity index (χ2v) is 14.2. The summed E-state index contributed by atoms with van der Waals surface area (Å²) in [5, 5.41) is 5.86. The number of nitrogens with zero attached hydrogens (tertiary/aromatic N) is 11. The molecule has 0 aromatic carbocycles. The molecule has 5 aromatic heterocycles. The molecular weight excluding hydrogens is 658 g/mol. The van der Waals surface area contributed by atoms with Crippen LogP contribution < -0.4 is 14.5 Å². The largest absolute Gasteiger partial charge is 0.496 e. The Kier molecular flexibility index (Phi) is 9.97. The van der Waals surface area contributed by atoms with Crippen LogP contribution in [0.3, 0.4) is 0 Å². The molecule has 0 bridgehead atoms. The number of rotatable bonds is 11. The van der Waals surface area contributed by atoms with E-state index < -0.39 is 0 Å². The van der Waals surface area contributed by atoms with Crippen LogP contribution in [-0.4, -0.2) is 143 Å². The minimum absolute atomic E-state index is 0.172. The number of aromatic nitrogens is 7. The lowest BCUT2D eigenvalue weighted by Crippen LogP contribution is -2.53. The van der Waals surface area contributed by atoms with Gasteiger partial charge in [0.25, 0.3) is 0 Å². The summed E-state index contributed by atoms with van der Waals surface area (Å²) in [4.78, 5) is 30.0. The topological polar surface area (TPSA) is 115 Å². The summed E-state index contributed by atoms with van der Waals surface area (Å²) in [5.74, 6) is 3.33. The van der Waals surface area contributed by atoms with Crippen LogP contribution in [0.1, 0.15) is 31.9 Å². The Morgan fingerprint density at radius 3 is 2.46 bits per heavy atom. The number of piperazine rings is 1. The van der Waals surface area contributed by atoms with Gasteiger partial charge in [-0.05, 0) is 45.2 Å². The van der Waals surface area contributed by atoms with E-state index in [1.807, 2.05) is 23.9 Å². The number of aryl methyl sites for hydroxylation is 2. The second-order valence-electron chi connectivity index (χ2n) is 14.2. The van der Waals surface area contributed by atoms with Crippen LogP contribution in [0, 0.1) is 6.92 Å². The predicted molar refractivity (Wildman–Crippen MR) is 203 cm³/mol. The zero-order chi connectivity index (χ0) is 35.8. The highest BCUT2D eigenvalue weighted by atomic mass is 16.5. The van der Waals surface area contributed by atoms with Gasteiger partial charge in [0.1, 0.15) is 11.3 Å². The highest BCUT2D eigenvalue weighted by Gasteiger charge is 2.32. The van der Waals surface area contributed by atoms with E-state index in [9.17, 15) is 0 Å². The number of methoxy groups -OCH3 is 2. The fraction of sp³-hybridized carbons (Fsp3) is 0.553. The van der Waals surface area contributed by atoms with Crippen LogP contribution in [0.25, 0.3) is 39.0 Å². The Balaban J connectivity index is 1.13. The molecule has 0 spiro atoms. The maximum absolute atomic E-state index is 6.07. The molecule has 0 saturated carbocycles. The molecule has 0 aliphatic carbocycles. The first-order chi connectivity index (χ1) is 25.4. The molecular formula is C38H51N11O3. The molecule has 0 N–H and O–H groups in total. The van der Waals surface area contributed by atoms with Gasteiger partial charge in [0.15, 0.2) is 11.6 Å². The summed E-state index contributed by atoms with van der Waals surface area (Å²) < 4.78 is 21.2. The van der Waals surface area contributed by atoms with Gasteiger partial charge in [-0.15, -0.1) is 0 Å². The standard InChI is InChI=1S/C38H51N11O3/c1-6-52-28-10-14-48(25-28)37-36-33(44(3)38(43-36)47-12-8-27(9-13-47)46-17-15-45(16-18-46)19-20-50-4)22-35(42-37)49-32-21-31(41-26(2)29(32)24-40-49)30-23-39-11-7-34(30)51-5/h7,11,21-24,27-28H,6,8-10,12-20,25H2,1-5H3/t28-/m1/s1. The highest BCUT2D eigenvalue weighted by Crippen LogP contribution is 2.36. The van der Waals surface area contributed by atoms with Gasteiger partial charge in [0.05, 0.1) is 48.3 Å². The maximum Gasteiger partial charge on any atom is 0.206 e. The van der Waals surface area contributed by atoms with Crippen molar-refractivity contribution in [2.24, 2.45) is 7.05 Å². The average molecular weight is 710 g/mol. The first-order valence-electron chi connectivity index (χ1n) is 18.7. The fourth-order valence-corrected chi connectivity index (χ4v) is 8.30. The van der Waals surface area contributed by atoms with E-state index in [0.29, 0.717) is 12.6 Å². The van der Waals surface area contributed by atoms with Crippen molar-refractivity contribution in [1.29, 1.82) is 0 Å². The molecule has 0 radical (unpaired) electrons. The molecule has 3 aliphatic rings. The minimum atomic E-state index is 0.172. The number of hydrogen-bond acceptors (Lipinski definition) is 12. The highest BCUT2D eigenvalue weighted by molar-refractivity contribution is 5.92. The van der Waals surface area contributed by atoms with E-state index in [2.05, 4.69) is 55.3 Å². The Bertz CT molecular complexity index is 2010. The number of fused-ring (bicyclic) bond motifs is 2. The van der Waals surface area contributed by atoms with E-state index in [0.717, 1.165) is 147 Å². The summed E-state index contributed by atoms with van der Waals surface area (Å²) >= 11 is 0. The molecule has 14 heteroatoms. The summed E-state index contributed by atoms with van der Waals surface area (Å²) in [6.07, 6.45) is 8.80. The number of imidazole rings is 1. The molecule has 276 valence electrons. The summed E-state index contributed by atoms with van der Waals surface area (Å²) in [6, 6.07) is 6.66. The normalized spacial score (nSPS) is 19.4. The quantitative estimate of drug-likeness (QED) is 0.198. The lowest BCUT2D eigenvalue weighted by atomic mass is 10.0. The lowest BCUT2D eigenvalue weighted by molar-refractivity contribution is 0.0671. The summed E-state index contributed by atoms with van der Waals surface area (Å²) in [5.41, 5.74) is 5.36. The van der Waals surface area contributed by atoms with Crippen molar-refractivity contribution < 1.29 is 14.2 Å². The van der Waals surface area contributed by atoms with E-state index in [1.165, 1.54) is 0 Å². The van der Waals surface area contributed by atoms with Crippen LogP contribution in [0.5, 0.6) is 5.75 Å². The van der Waals surface area contributed by atoms with Gasteiger partial charge in [-0.3, -0.25) is 19.8 Å². The Labute approximate surface area is 305 Å². The zero-order valence-electron chi connectivity index (χ0n) is 31.2. The molecule has 3 aliphatic heterocycles. The maximum atomic E-state index is 6.07. The van der Waals surface area contributed by atoms with Crippen molar-refractivity contribution >= 4 is 33.7 Å². The molecule has 5 aromatic rings. The Morgan fingerprint density at radius 2 is 1.69 bits per heavy atom. The predicted octanol–water partition coefficient (Wildman–Crippen LogP) is 3.93. The number of hydrogen-bond donors (Lipinski definition) is 0. The average Bonchev–Trinajstić information content (AvgIpc) is 3.92. The number of ether oxygens (including phenoxy) is 3. The van der Waals surface area contributed by atoms with Gasteiger partial charge in [0.2, 0.25) is 5.95 Å². The third-order valence-electron chi connectivity index (χ3n) is 11.2. The van der Waals surface area contributed by atoms with E-state index >= 15 is 0 Å². The van der Waals surface area contributed by atoms with Crippen molar-refractivity contribution in [1.82, 2.24) is 44.1 Å². The van der Waals surface area contributed by atoms with Gasteiger partial charge in [-0.25, -0.2) is 14.6 Å². The summed E-state index contributed by atoms with van der Waals surface area (Å²) in [7, 11) is 5.59. The lowest BCUT2D eigenvalue weighted by Gasteiger charge is -2.43. The van der Waals surface area contributed by atoms with Crippen molar-refractivity contribution in [2.75, 3.05) is 96.1 Å². The molecule has 1 atom stereocenters. The van der Waals surface area contributed by atoms with Gasteiger partial charge < -0.3 is 28.6 Å². The molecule has 0 unspecified atom stereocenters.